The molecule has 3 amide bonds. The Hall–Kier alpha value is -3.35. The number of hydrogen-bond acceptors (Lipinski definition) is 4. The normalized spacial score (nSPS) is 10.4. The first-order valence-electron chi connectivity index (χ1n) is 10.2. The van der Waals surface area contributed by atoms with E-state index in [1.807, 2.05) is 27.7 Å². The minimum Gasteiger partial charge on any atom is -0.376 e. The maximum Gasteiger partial charge on any atom is 0.253 e. The van der Waals surface area contributed by atoms with Crippen LogP contribution in [0.4, 0.5) is 11.4 Å². The summed E-state index contributed by atoms with van der Waals surface area (Å²) in [4.78, 5) is 38.6. The Morgan fingerprint density at radius 2 is 1.50 bits per heavy atom. The molecule has 0 saturated heterocycles. The van der Waals surface area contributed by atoms with Gasteiger partial charge < -0.3 is 20.9 Å². The summed E-state index contributed by atoms with van der Waals surface area (Å²) < 4.78 is 0. The molecule has 2 rings (SSSR count). The lowest BCUT2D eigenvalue weighted by molar-refractivity contribution is -0.114. The summed E-state index contributed by atoms with van der Waals surface area (Å²) in [5, 5.41) is 8.65. The van der Waals surface area contributed by atoms with Crippen molar-refractivity contribution >= 4 is 29.1 Å². The second-order valence-electron chi connectivity index (χ2n) is 7.17. The molecule has 0 unspecified atom stereocenters. The van der Waals surface area contributed by atoms with Gasteiger partial charge in [0, 0.05) is 41.6 Å². The van der Waals surface area contributed by atoms with Crippen LogP contribution in [-0.2, 0) is 4.79 Å². The molecule has 0 heterocycles. The number of carbonyl (C=O) groups is 3. The lowest BCUT2D eigenvalue weighted by Crippen LogP contribution is -2.30. The zero-order valence-corrected chi connectivity index (χ0v) is 18.0. The second kappa shape index (κ2) is 11.0. The predicted molar refractivity (Wildman–Crippen MR) is 120 cm³/mol. The van der Waals surface area contributed by atoms with E-state index in [9.17, 15) is 14.4 Å². The molecule has 7 nitrogen and oxygen atoms in total. The smallest absolute Gasteiger partial charge is 0.253 e. The fourth-order valence-corrected chi connectivity index (χ4v) is 2.93. The van der Waals surface area contributed by atoms with Gasteiger partial charge in [-0.2, -0.15) is 0 Å². The number of anilines is 2. The van der Waals surface area contributed by atoms with Gasteiger partial charge in [0.25, 0.3) is 11.8 Å². The van der Waals surface area contributed by atoms with Crippen LogP contribution in [0.1, 0.15) is 48.4 Å². The quantitative estimate of drug-likeness (QED) is 0.591. The van der Waals surface area contributed by atoms with E-state index >= 15 is 0 Å². The third kappa shape index (κ3) is 6.62. The van der Waals surface area contributed by atoms with Crippen LogP contribution in [0.5, 0.6) is 0 Å². The summed E-state index contributed by atoms with van der Waals surface area (Å²) in [6.07, 6.45) is 0. The molecule has 0 fully saturated rings. The summed E-state index contributed by atoms with van der Waals surface area (Å²) in [5.74, 6) is -0.474. The Morgan fingerprint density at radius 1 is 0.900 bits per heavy atom. The van der Waals surface area contributed by atoms with Crippen LogP contribution in [0.15, 0.2) is 48.5 Å². The highest BCUT2D eigenvalue weighted by Gasteiger charge is 2.13. The first-order valence-corrected chi connectivity index (χ1v) is 10.2. The van der Waals surface area contributed by atoms with Crippen molar-refractivity contribution in [2.75, 3.05) is 30.3 Å². The molecule has 0 saturated carbocycles. The summed E-state index contributed by atoms with van der Waals surface area (Å²) in [5.41, 5.74) is 2.29. The molecule has 0 aromatic heterocycles. The van der Waals surface area contributed by atoms with Crippen molar-refractivity contribution in [2.24, 2.45) is 0 Å². The summed E-state index contributed by atoms with van der Waals surface area (Å²) in [7, 11) is 0. The number of benzene rings is 2. The molecule has 0 aliphatic carbocycles. The van der Waals surface area contributed by atoms with Crippen LogP contribution >= 0.6 is 0 Å². The Labute approximate surface area is 177 Å². The van der Waals surface area contributed by atoms with Crippen molar-refractivity contribution in [1.82, 2.24) is 10.2 Å². The first-order chi connectivity index (χ1) is 14.3. The van der Waals surface area contributed by atoms with Gasteiger partial charge in [0.1, 0.15) is 0 Å². The monoisotopic (exact) mass is 410 g/mol. The number of nitrogens with zero attached hydrogens (tertiary/aromatic N) is 1. The number of amides is 3. The van der Waals surface area contributed by atoms with Gasteiger partial charge in [-0.15, -0.1) is 0 Å². The average molecular weight is 411 g/mol. The van der Waals surface area contributed by atoms with Crippen LogP contribution < -0.4 is 16.0 Å². The van der Waals surface area contributed by atoms with Crippen molar-refractivity contribution in [3.8, 4) is 0 Å². The van der Waals surface area contributed by atoms with Crippen LogP contribution in [0.3, 0.4) is 0 Å². The van der Waals surface area contributed by atoms with Crippen LogP contribution in [-0.4, -0.2) is 48.3 Å². The first kappa shape index (κ1) is 22.9. The molecule has 0 atom stereocenters. The fourth-order valence-electron chi connectivity index (χ4n) is 2.93. The lowest BCUT2D eigenvalue weighted by atomic mass is 10.1. The zero-order valence-electron chi connectivity index (χ0n) is 18.0. The van der Waals surface area contributed by atoms with Gasteiger partial charge in [0.05, 0.1) is 6.54 Å². The van der Waals surface area contributed by atoms with Crippen molar-refractivity contribution in [1.29, 1.82) is 0 Å². The Balaban J connectivity index is 1.96. The molecule has 0 radical (unpaired) electrons. The highest BCUT2D eigenvalue weighted by molar-refractivity contribution is 5.98. The van der Waals surface area contributed by atoms with E-state index in [2.05, 4.69) is 16.0 Å². The van der Waals surface area contributed by atoms with Gasteiger partial charge in [-0.05, 0) is 64.1 Å². The van der Waals surface area contributed by atoms with Gasteiger partial charge in [0.2, 0.25) is 5.91 Å². The van der Waals surface area contributed by atoms with Crippen molar-refractivity contribution < 1.29 is 14.4 Å². The maximum atomic E-state index is 12.5. The molecule has 2 aromatic carbocycles. The van der Waals surface area contributed by atoms with E-state index in [0.717, 1.165) is 0 Å². The van der Waals surface area contributed by atoms with Crippen LogP contribution in [0.25, 0.3) is 0 Å². The molecule has 3 N–H and O–H groups in total. The molecule has 2 aromatic rings. The molecule has 0 spiro atoms. The molecule has 30 heavy (non-hydrogen) atoms. The molecule has 0 aliphatic rings. The largest absolute Gasteiger partial charge is 0.376 e. The Bertz CT molecular complexity index is 892. The minimum atomic E-state index is -0.250. The van der Waals surface area contributed by atoms with Gasteiger partial charge in [0.15, 0.2) is 0 Å². The van der Waals surface area contributed by atoms with E-state index in [0.29, 0.717) is 35.6 Å². The maximum absolute atomic E-state index is 12.5. The average Bonchev–Trinajstić information content (AvgIpc) is 2.73. The molecule has 7 heteroatoms. The Kier molecular flexibility index (Phi) is 8.41. The number of carbonyl (C=O) groups excluding carboxylic acids is 3. The molecular weight excluding hydrogens is 380 g/mol. The highest BCUT2D eigenvalue weighted by atomic mass is 16.2. The van der Waals surface area contributed by atoms with E-state index in [-0.39, 0.29) is 30.3 Å². The molecule has 0 aliphatic heterocycles. The molecule has 160 valence electrons. The van der Waals surface area contributed by atoms with Crippen molar-refractivity contribution in [2.45, 2.75) is 33.7 Å². The second-order valence-corrected chi connectivity index (χ2v) is 7.17. The van der Waals surface area contributed by atoms with Gasteiger partial charge in [-0.25, -0.2) is 0 Å². The third-order valence-corrected chi connectivity index (χ3v) is 4.44. The Morgan fingerprint density at radius 3 is 2.13 bits per heavy atom. The van der Waals surface area contributed by atoms with Crippen molar-refractivity contribution in [3.63, 3.8) is 0 Å². The van der Waals surface area contributed by atoms with E-state index in [1.165, 1.54) is 0 Å². The van der Waals surface area contributed by atoms with E-state index < -0.39 is 0 Å². The van der Waals surface area contributed by atoms with Gasteiger partial charge in [-0.3, -0.25) is 14.4 Å². The molecular formula is C23H30N4O3. The SMILES string of the molecule is CCN(CC)C(=O)c1cccc(NC(=O)CNc2cccc(C(=O)NC(C)C)c2)c1. The van der Waals surface area contributed by atoms with E-state index in [4.69, 9.17) is 0 Å². The minimum absolute atomic E-state index is 0.0312. The van der Waals surface area contributed by atoms with Gasteiger partial charge in [-0.1, -0.05) is 12.1 Å². The predicted octanol–water partition coefficient (Wildman–Crippen LogP) is 3.36. The topological polar surface area (TPSA) is 90.5 Å². The third-order valence-electron chi connectivity index (χ3n) is 4.44. The highest BCUT2D eigenvalue weighted by Crippen LogP contribution is 2.14. The fraction of sp³-hybridized carbons (Fsp3) is 0.348. The van der Waals surface area contributed by atoms with Gasteiger partial charge >= 0.3 is 0 Å². The van der Waals surface area contributed by atoms with E-state index in [1.54, 1.807) is 53.4 Å². The van der Waals surface area contributed by atoms with Crippen molar-refractivity contribution in [3.05, 3.63) is 59.7 Å². The summed E-state index contributed by atoms with van der Waals surface area (Å²) in [6.45, 7) is 8.95. The summed E-state index contributed by atoms with van der Waals surface area (Å²) in [6, 6.07) is 13.9. The van der Waals surface area contributed by atoms with Crippen LogP contribution in [0.2, 0.25) is 0 Å². The summed E-state index contributed by atoms with van der Waals surface area (Å²) >= 11 is 0. The molecule has 0 bridgehead atoms. The lowest BCUT2D eigenvalue weighted by Gasteiger charge is -2.19. The number of hydrogen-bond donors (Lipinski definition) is 3. The number of rotatable bonds is 9. The standard InChI is InChI=1S/C23H30N4O3/c1-5-27(6-2)23(30)18-10-8-12-20(14-18)26-21(28)15-24-19-11-7-9-17(13-19)22(29)25-16(3)4/h7-14,16,24H,5-6,15H2,1-4H3,(H,25,29)(H,26,28). The number of nitrogens with one attached hydrogen (secondary N) is 3. The zero-order chi connectivity index (χ0) is 22.1. The van der Waals surface area contributed by atoms with Crippen LogP contribution in [0, 0.1) is 0 Å².